The second-order valence-corrected chi connectivity index (χ2v) is 6.37. The Hall–Kier alpha value is -1.37. The van der Waals surface area contributed by atoms with Gasteiger partial charge in [0.2, 0.25) is 0 Å². The number of aldehydes is 1. The molecule has 0 heterocycles. The Bertz CT molecular complexity index is 532. The van der Waals surface area contributed by atoms with Gasteiger partial charge >= 0.3 is 108 Å². The van der Waals surface area contributed by atoms with Crippen molar-refractivity contribution in [2.75, 3.05) is 0 Å². The van der Waals surface area contributed by atoms with Crippen molar-refractivity contribution >= 4 is 30.2 Å². The average Bonchev–Trinajstić information content (AvgIpc) is 2.30. The fourth-order valence-electron chi connectivity index (χ4n) is 1.79. The zero-order valence-electron chi connectivity index (χ0n) is 9.94. The summed E-state index contributed by atoms with van der Waals surface area (Å²) >= 11 is 0.203. The van der Waals surface area contributed by atoms with Gasteiger partial charge < -0.3 is 0 Å². The van der Waals surface area contributed by atoms with Gasteiger partial charge in [0.25, 0.3) is 0 Å². The van der Waals surface area contributed by atoms with Crippen molar-refractivity contribution in [1.29, 1.82) is 0 Å². The first-order valence-corrected chi connectivity index (χ1v) is 7.21. The van der Waals surface area contributed by atoms with E-state index in [-0.39, 0.29) is 15.0 Å². The molecule has 0 unspecified atom stereocenters. The van der Waals surface area contributed by atoms with Crippen LogP contribution in [-0.2, 0) is 0 Å². The summed E-state index contributed by atoms with van der Waals surface area (Å²) in [6, 6.07) is 14.5. The van der Waals surface area contributed by atoms with E-state index in [9.17, 15) is 4.79 Å². The van der Waals surface area contributed by atoms with Gasteiger partial charge in [-0.1, -0.05) is 0 Å². The van der Waals surface area contributed by atoms with Crippen LogP contribution in [0.4, 0.5) is 0 Å². The van der Waals surface area contributed by atoms with Crippen LogP contribution in [-0.4, -0.2) is 21.2 Å². The van der Waals surface area contributed by atoms with Gasteiger partial charge in [-0.2, -0.15) is 0 Å². The summed E-state index contributed by atoms with van der Waals surface area (Å²) in [6.07, 6.45) is 0.981. The molecule has 0 aromatic heterocycles. The molecule has 0 atom stereocenters. The fourth-order valence-corrected chi connectivity index (χ4v) is 4.12. The number of carbonyl (C=O) groups is 1. The van der Waals surface area contributed by atoms with Crippen LogP contribution in [0.5, 0.6) is 0 Å². The van der Waals surface area contributed by atoms with Gasteiger partial charge in [0.1, 0.15) is 0 Å². The van der Waals surface area contributed by atoms with Gasteiger partial charge in [-0.25, -0.2) is 0 Å². The minimum absolute atomic E-state index is 0.203. The van der Waals surface area contributed by atoms with E-state index in [1.807, 2.05) is 25.1 Å². The number of hydrogen-bond donors (Lipinski definition) is 0. The zero-order valence-corrected chi connectivity index (χ0v) is 11.6. The van der Waals surface area contributed by atoms with Crippen molar-refractivity contribution in [1.82, 2.24) is 0 Å². The molecular weight excluding hydrogens is 275 g/mol. The van der Waals surface area contributed by atoms with Gasteiger partial charge in [0.15, 0.2) is 0 Å². The van der Waals surface area contributed by atoms with E-state index in [4.69, 9.17) is 0 Å². The van der Waals surface area contributed by atoms with Crippen LogP contribution in [0.25, 0.3) is 0 Å². The molecule has 0 aliphatic heterocycles. The summed E-state index contributed by atoms with van der Waals surface area (Å²) in [5.41, 5.74) is 3.16. The predicted molar refractivity (Wildman–Crippen MR) is 72.8 cm³/mol. The van der Waals surface area contributed by atoms with E-state index < -0.39 is 0 Å². The first kappa shape index (κ1) is 12.1. The number of benzene rings is 2. The number of hydrogen-bond acceptors (Lipinski definition) is 1. The van der Waals surface area contributed by atoms with Gasteiger partial charge in [0, 0.05) is 0 Å². The van der Waals surface area contributed by atoms with Crippen LogP contribution in [0.3, 0.4) is 0 Å². The molecule has 0 saturated heterocycles. The summed E-state index contributed by atoms with van der Waals surface area (Å²) in [6.45, 7) is 4.08. The molecule has 0 N–H and O–H groups in total. The Morgan fingerprint density at radius 3 is 2.41 bits per heavy atom. The molecule has 17 heavy (non-hydrogen) atoms. The minimum atomic E-state index is 0.203. The summed E-state index contributed by atoms with van der Waals surface area (Å²) in [5, 5.41) is 0. The fraction of sp³-hybridized carbons (Fsp3) is 0.133. The van der Waals surface area contributed by atoms with E-state index in [1.54, 1.807) is 0 Å². The van der Waals surface area contributed by atoms with E-state index in [2.05, 4.69) is 31.2 Å². The number of aryl methyl sites for hydroxylation is 2. The Morgan fingerprint density at radius 1 is 1.06 bits per heavy atom. The quantitative estimate of drug-likeness (QED) is 0.622. The molecule has 2 aromatic rings. The van der Waals surface area contributed by atoms with E-state index >= 15 is 0 Å². The first-order valence-electron chi connectivity index (χ1n) is 5.50. The molecule has 0 radical (unpaired) electrons. The third kappa shape index (κ3) is 2.85. The first-order chi connectivity index (χ1) is 8.20. The van der Waals surface area contributed by atoms with Crippen molar-refractivity contribution in [2.24, 2.45) is 0 Å². The molecule has 0 bridgehead atoms. The summed E-state index contributed by atoms with van der Waals surface area (Å²) in [5.74, 6) is 0. The summed E-state index contributed by atoms with van der Waals surface area (Å²) in [7, 11) is 0. The van der Waals surface area contributed by atoms with E-state index in [0.29, 0.717) is 0 Å². The van der Waals surface area contributed by atoms with Gasteiger partial charge in [0.05, 0.1) is 0 Å². The molecule has 0 aliphatic rings. The Morgan fingerprint density at radius 2 is 1.76 bits per heavy atom. The Balaban J connectivity index is 2.41. The maximum absolute atomic E-state index is 11.2. The standard InChI is InChI=1S/C15H14OSe/c1-11-8-12(2)14(10-16)15(9-11)17-13-6-4-3-5-7-13/h3-10H,1-2H3. The van der Waals surface area contributed by atoms with E-state index in [1.165, 1.54) is 14.5 Å². The molecule has 1 nitrogen and oxygen atoms in total. The van der Waals surface area contributed by atoms with Crippen molar-refractivity contribution in [3.63, 3.8) is 0 Å². The van der Waals surface area contributed by atoms with Crippen LogP contribution in [0, 0.1) is 13.8 Å². The van der Waals surface area contributed by atoms with Crippen LogP contribution in [0.1, 0.15) is 21.5 Å². The molecule has 86 valence electrons. The number of carbonyl (C=O) groups excluding carboxylic acids is 1. The second kappa shape index (κ2) is 5.31. The molecule has 0 spiro atoms. The summed E-state index contributed by atoms with van der Waals surface area (Å²) < 4.78 is 2.48. The summed E-state index contributed by atoms with van der Waals surface area (Å²) in [4.78, 5) is 11.2. The van der Waals surface area contributed by atoms with Gasteiger partial charge in [-0.3, -0.25) is 0 Å². The van der Waals surface area contributed by atoms with Crippen molar-refractivity contribution < 1.29 is 4.79 Å². The monoisotopic (exact) mass is 290 g/mol. The number of rotatable bonds is 3. The van der Waals surface area contributed by atoms with Crippen LogP contribution >= 0.6 is 0 Å². The molecule has 2 rings (SSSR count). The van der Waals surface area contributed by atoms with Crippen molar-refractivity contribution in [3.05, 3.63) is 59.2 Å². The Kier molecular flexibility index (Phi) is 3.78. The molecule has 0 fully saturated rings. The molecule has 0 aliphatic carbocycles. The topological polar surface area (TPSA) is 17.1 Å². The van der Waals surface area contributed by atoms with Crippen LogP contribution in [0.2, 0.25) is 0 Å². The van der Waals surface area contributed by atoms with Crippen LogP contribution in [0.15, 0.2) is 42.5 Å². The normalized spacial score (nSPS) is 10.2. The molecule has 0 amide bonds. The molecular formula is C15H14OSe. The zero-order chi connectivity index (χ0) is 12.3. The van der Waals surface area contributed by atoms with Crippen molar-refractivity contribution in [3.8, 4) is 0 Å². The van der Waals surface area contributed by atoms with E-state index in [0.717, 1.165) is 17.4 Å². The van der Waals surface area contributed by atoms with Gasteiger partial charge in [-0.05, 0) is 0 Å². The molecule has 2 heteroatoms. The maximum atomic E-state index is 11.2. The Labute approximate surface area is 108 Å². The third-order valence-corrected chi connectivity index (χ3v) is 4.82. The van der Waals surface area contributed by atoms with Crippen LogP contribution < -0.4 is 8.92 Å². The molecule has 0 saturated carbocycles. The van der Waals surface area contributed by atoms with Gasteiger partial charge in [-0.15, -0.1) is 0 Å². The SMILES string of the molecule is Cc1cc(C)c(C=O)c([Se]c2ccccc2)c1. The second-order valence-electron chi connectivity index (χ2n) is 4.03. The average molecular weight is 289 g/mol. The van der Waals surface area contributed by atoms with Crippen molar-refractivity contribution in [2.45, 2.75) is 13.8 Å². The molecule has 2 aromatic carbocycles. The third-order valence-electron chi connectivity index (χ3n) is 2.58. The predicted octanol–water partition coefficient (Wildman–Crippen LogP) is 1.77.